The van der Waals surface area contributed by atoms with Gasteiger partial charge in [0.1, 0.15) is 17.1 Å². The molecule has 5 nitrogen and oxygen atoms in total. The van der Waals surface area contributed by atoms with E-state index in [-0.39, 0.29) is 23.1 Å². The summed E-state index contributed by atoms with van der Waals surface area (Å²) in [5.74, 6) is -0.617. The van der Waals surface area contributed by atoms with Crippen molar-refractivity contribution in [2.75, 3.05) is 14.1 Å². The Labute approximate surface area is 162 Å². The van der Waals surface area contributed by atoms with Crippen molar-refractivity contribution in [3.8, 4) is 5.75 Å². The second-order valence-corrected chi connectivity index (χ2v) is 6.46. The molecule has 0 unspecified atom stereocenters. The summed E-state index contributed by atoms with van der Waals surface area (Å²) in [5.41, 5.74) is -2.95. The molecular weight excluding hydrogens is 394 g/mol. The van der Waals surface area contributed by atoms with E-state index in [1.165, 1.54) is 32.3 Å². The number of benzene rings is 2. The van der Waals surface area contributed by atoms with Gasteiger partial charge in [0.15, 0.2) is 0 Å². The van der Waals surface area contributed by atoms with E-state index >= 15 is 0 Å². The van der Waals surface area contributed by atoms with Crippen molar-refractivity contribution in [2.24, 2.45) is 0 Å². The Balaban J connectivity index is 2.14. The van der Waals surface area contributed by atoms with Crippen LogP contribution < -0.4 is 10.4 Å². The van der Waals surface area contributed by atoms with Crippen molar-refractivity contribution in [1.29, 1.82) is 0 Å². The fourth-order valence-electron chi connectivity index (χ4n) is 2.77. The lowest BCUT2D eigenvalue weighted by atomic mass is 9.98. The highest BCUT2D eigenvalue weighted by atomic mass is 19.4. The first-order valence-electron chi connectivity index (χ1n) is 8.37. The predicted octanol–water partition coefficient (Wildman–Crippen LogP) is 4.60. The van der Waals surface area contributed by atoms with Crippen LogP contribution in [0.1, 0.15) is 16.7 Å². The first-order chi connectivity index (χ1) is 13.6. The maximum absolute atomic E-state index is 13.8. The molecule has 0 saturated carbocycles. The van der Waals surface area contributed by atoms with Crippen LogP contribution in [0, 0.1) is 5.82 Å². The van der Waals surface area contributed by atoms with E-state index in [9.17, 15) is 27.2 Å². The predicted molar refractivity (Wildman–Crippen MR) is 96.4 cm³/mol. The van der Waals surface area contributed by atoms with Crippen LogP contribution >= 0.6 is 0 Å². The number of hydrogen-bond acceptors (Lipinski definition) is 4. The molecule has 0 atom stereocenters. The standard InChI is InChI=1S/C20H15F4NO4/c1-25(2)19(27)28-13-7-8-14-16(10-13)29-18(26)15(17(14)20(22,23)24)9-11-3-5-12(21)6-4-11/h3-8,10H,9H2,1-2H3. The Bertz CT molecular complexity index is 1120. The molecule has 3 aromatic rings. The molecule has 2 aromatic carbocycles. The molecule has 0 bridgehead atoms. The third-order valence-electron chi connectivity index (χ3n) is 4.12. The minimum absolute atomic E-state index is 0.0706. The summed E-state index contributed by atoms with van der Waals surface area (Å²) in [7, 11) is 2.87. The van der Waals surface area contributed by atoms with Crippen LogP contribution in [0.15, 0.2) is 51.7 Å². The van der Waals surface area contributed by atoms with E-state index in [0.717, 1.165) is 29.2 Å². The fourth-order valence-corrected chi connectivity index (χ4v) is 2.77. The van der Waals surface area contributed by atoms with Crippen LogP contribution in [0.2, 0.25) is 0 Å². The number of alkyl halides is 3. The summed E-state index contributed by atoms with van der Waals surface area (Å²) in [5, 5.41) is -0.348. The van der Waals surface area contributed by atoms with Crippen molar-refractivity contribution in [3.63, 3.8) is 0 Å². The van der Waals surface area contributed by atoms with Gasteiger partial charge in [0.2, 0.25) is 0 Å². The first-order valence-corrected chi connectivity index (χ1v) is 8.37. The summed E-state index contributed by atoms with van der Waals surface area (Å²) in [6, 6.07) is 8.09. The summed E-state index contributed by atoms with van der Waals surface area (Å²) in [6.45, 7) is 0. The molecule has 0 fully saturated rings. The van der Waals surface area contributed by atoms with Gasteiger partial charge >= 0.3 is 17.9 Å². The van der Waals surface area contributed by atoms with Crippen molar-refractivity contribution in [2.45, 2.75) is 12.6 Å². The monoisotopic (exact) mass is 409 g/mol. The van der Waals surface area contributed by atoms with Crippen LogP contribution in [0.5, 0.6) is 5.75 Å². The van der Waals surface area contributed by atoms with Gasteiger partial charge < -0.3 is 14.1 Å². The number of hydrogen-bond donors (Lipinski definition) is 0. The summed E-state index contributed by atoms with van der Waals surface area (Å²) in [6.07, 6.45) is -5.97. The summed E-state index contributed by atoms with van der Waals surface area (Å²) < 4.78 is 64.6. The van der Waals surface area contributed by atoms with Gasteiger partial charge in [-0.15, -0.1) is 0 Å². The number of halogens is 4. The zero-order valence-electron chi connectivity index (χ0n) is 15.3. The summed E-state index contributed by atoms with van der Waals surface area (Å²) in [4.78, 5) is 25.1. The van der Waals surface area contributed by atoms with Crippen molar-refractivity contribution < 1.29 is 31.5 Å². The number of nitrogens with zero attached hydrogens (tertiary/aromatic N) is 1. The highest BCUT2D eigenvalue weighted by Crippen LogP contribution is 2.38. The minimum atomic E-state index is -4.84. The molecule has 0 saturated heterocycles. The number of rotatable bonds is 3. The van der Waals surface area contributed by atoms with Crippen LogP contribution in [0.4, 0.5) is 22.4 Å². The Kier molecular flexibility index (Phi) is 5.32. The van der Waals surface area contributed by atoms with E-state index in [4.69, 9.17) is 9.15 Å². The quantitative estimate of drug-likeness (QED) is 0.469. The number of ether oxygens (including phenoxy) is 1. The molecule has 1 heterocycles. The zero-order valence-corrected chi connectivity index (χ0v) is 15.3. The van der Waals surface area contributed by atoms with Gasteiger partial charge in [-0.05, 0) is 29.8 Å². The third kappa shape index (κ3) is 4.39. The van der Waals surface area contributed by atoms with E-state index < -0.39 is 34.8 Å². The van der Waals surface area contributed by atoms with Crippen LogP contribution in [0.25, 0.3) is 11.0 Å². The number of amides is 1. The maximum Gasteiger partial charge on any atom is 0.417 e. The number of fused-ring (bicyclic) bond motifs is 1. The van der Waals surface area contributed by atoms with E-state index in [2.05, 4.69) is 0 Å². The molecule has 29 heavy (non-hydrogen) atoms. The van der Waals surface area contributed by atoms with E-state index in [0.29, 0.717) is 5.56 Å². The molecule has 0 spiro atoms. The lowest BCUT2D eigenvalue weighted by molar-refractivity contribution is -0.137. The van der Waals surface area contributed by atoms with Crippen LogP contribution in [-0.2, 0) is 12.6 Å². The maximum atomic E-state index is 13.8. The van der Waals surface area contributed by atoms with Crippen molar-refractivity contribution in [1.82, 2.24) is 4.90 Å². The smallest absolute Gasteiger partial charge is 0.417 e. The summed E-state index contributed by atoms with van der Waals surface area (Å²) >= 11 is 0. The van der Waals surface area contributed by atoms with Gasteiger partial charge in [-0.3, -0.25) is 0 Å². The SMILES string of the molecule is CN(C)C(=O)Oc1ccc2c(C(F)(F)F)c(Cc3ccc(F)cc3)c(=O)oc2c1. The highest BCUT2D eigenvalue weighted by molar-refractivity contribution is 5.84. The second kappa shape index (κ2) is 7.57. The zero-order chi connectivity index (χ0) is 21.3. The molecule has 0 radical (unpaired) electrons. The molecule has 152 valence electrons. The Morgan fingerprint density at radius 2 is 1.76 bits per heavy atom. The molecule has 9 heteroatoms. The third-order valence-corrected chi connectivity index (χ3v) is 4.12. The average Bonchev–Trinajstić information content (AvgIpc) is 2.63. The normalized spacial score (nSPS) is 11.5. The topological polar surface area (TPSA) is 59.8 Å². The van der Waals surface area contributed by atoms with Gasteiger partial charge in [-0.1, -0.05) is 12.1 Å². The molecular formula is C20H15F4NO4. The molecule has 0 N–H and O–H groups in total. The second-order valence-electron chi connectivity index (χ2n) is 6.46. The molecule has 3 rings (SSSR count). The largest absolute Gasteiger partial charge is 0.422 e. The first kappa shape index (κ1) is 20.4. The van der Waals surface area contributed by atoms with Crippen LogP contribution in [-0.4, -0.2) is 25.1 Å². The fraction of sp³-hybridized carbons (Fsp3) is 0.200. The molecule has 0 aliphatic heterocycles. The van der Waals surface area contributed by atoms with E-state index in [1.54, 1.807) is 0 Å². The molecule has 0 aliphatic carbocycles. The number of carbonyl (C=O) groups excluding carboxylic acids is 1. The van der Waals surface area contributed by atoms with Crippen molar-refractivity contribution in [3.05, 3.63) is 75.4 Å². The average molecular weight is 409 g/mol. The van der Waals surface area contributed by atoms with Gasteiger partial charge in [0, 0.05) is 32.0 Å². The molecule has 1 amide bonds. The van der Waals surface area contributed by atoms with Gasteiger partial charge in [-0.2, -0.15) is 13.2 Å². The minimum Gasteiger partial charge on any atom is -0.422 e. The van der Waals surface area contributed by atoms with Gasteiger partial charge in [0.05, 0.1) is 11.1 Å². The van der Waals surface area contributed by atoms with Gasteiger partial charge in [-0.25, -0.2) is 14.0 Å². The van der Waals surface area contributed by atoms with Crippen LogP contribution in [0.3, 0.4) is 0 Å². The molecule has 0 aliphatic rings. The lowest BCUT2D eigenvalue weighted by Crippen LogP contribution is -2.25. The molecule has 1 aromatic heterocycles. The van der Waals surface area contributed by atoms with E-state index in [1.807, 2.05) is 0 Å². The Morgan fingerprint density at radius 3 is 2.34 bits per heavy atom. The lowest BCUT2D eigenvalue weighted by Gasteiger charge is -2.15. The van der Waals surface area contributed by atoms with Gasteiger partial charge in [0.25, 0.3) is 0 Å². The Morgan fingerprint density at radius 1 is 1.10 bits per heavy atom. The highest BCUT2D eigenvalue weighted by Gasteiger charge is 2.37. The van der Waals surface area contributed by atoms with Crippen molar-refractivity contribution >= 4 is 17.1 Å². The Hall–Kier alpha value is -3.36. The number of carbonyl (C=O) groups is 1.